The average Bonchev–Trinajstić information content (AvgIpc) is 3.58. The molecule has 3 fully saturated rings. The third-order valence-corrected chi connectivity index (χ3v) is 4.94. The monoisotopic (exact) mass is 413 g/mol. The molecular formula is C22H47N5O2. The Labute approximate surface area is 179 Å². The van der Waals surface area contributed by atoms with Gasteiger partial charge in [-0.25, -0.2) is 0 Å². The molecular weight excluding hydrogens is 366 g/mol. The Balaban J connectivity index is 0.000000513. The molecule has 0 unspecified atom stereocenters. The number of amides is 2. The van der Waals surface area contributed by atoms with Crippen molar-refractivity contribution < 1.29 is 9.59 Å². The van der Waals surface area contributed by atoms with Gasteiger partial charge in [-0.15, -0.1) is 0 Å². The Morgan fingerprint density at radius 3 is 1.90 bits per heavy atom. The van der Waals surface area contributed by atoms with Crippen LogP contribution in [-0.4, -0.2) is 99.0 Å². The van der Waals surface area contributed by atoms with Crippen LogP contribution in [0.2, 0.25) is 0 Å². The molecule has 2 N–H and O–H groups in total. The summed E-state index contributed by atoms with van der Waals surface area (Å²) in [4.78, 5) is 29.4. The van der Waals surface area contributed by atoms with Crippen LogP contribution in [0.1, 0.15) is 59.8 Å². The predicted octanol–water partition coefficient (Wildman–Crippen LogP) is 1.78. The number of likely N-dealkylation sites (tertiary alicyclic amines) is 1. The van der Waals surface area contributed by atoms with Crippen LogP contribution in [0, 0.1) is 0 Å². The van der Waals surface area contributed by atoms with E-state index in [4.69, 9.17) is 0 Å². The second-order valence-corrected chi connectivity index (χ2v) is 7.39. The number of likely N-dealkylation sites (N-methyl/N-ethyl adjacent to an activating group) is 2. The lowest BCUT2D eigenvalue weighted by atomic mass is 10.1. The van der Waals surface area contributed by atoms with Gasteiger partial charge in [0.05, 0.1) is 13.1 Å². The summed E-state index contributed by atoms with van der Waals surface area (Å²) in [5.74, 6) is 0.448. The molecule has 2 saturated heterocycles. The molecule has 0 aromatic heterocycles. The standard InChI is InChI=1S/C12H23N3O.C6H12N2O.2C2H6/c1-13-7-9-14(10-8-13)11-12(16)15-5-3-2-4-6-15;1-7-4-6(9)8-5-2-3-5;2*1-2/h2-11H2,1H3;5,7H,2-4H2,1H3,(H,8,9);2*1-2H3. The molecule has 1 saturated carbocycles. The second-order valence-electron chi connectivity index (χ2n) is 7.39. The van der Waals surface area contributed by atoms with Gasteiger partial charge in [0.15, 0.2) is 0 Å². The minimum absolute atomic E-state index is 0.111. The zero-order chi connectivity index (χ0) is 22.1. The van der Waals surface area contributed by atoms with Gasteiger partial charge < -0.3 is 20.4 Å². The van der Waals surface area contributed by atoms with E-state index in [0.717, 1.165) is 52.1 Å². The maximum Gasteiger partial charge on any atom is 0.236 e. The topological polar surface area (TPSA) is 67.9 Å². The third kappa shape index (κ3) is 13.6. The molecule has 3 rings (SSSR count). The molecule has 0 radical (unpaired) electrons. The van der Waals surface area contributed by atoms with Crippen LogP contribution in [-0.2, 0) is 9.59 Å². The number of carbonyl (C=O) groups is 2. The number of nitrogens with zero attached hydrogens (tertiary/aromatic N) is 3. The van der Waals surface area contributed by atoms with Gasteiger partial charge >= 0.3 is 0 Å². The fourth-order valence-electron chi connectivity index (χ4n) is 3.11. The number of hydrogen-bond donors (Lipinski definition) is 2. The lowest BCUT2D eigenvalue weighted by molar-refractivity contribution is -0.133. The van der Waals surface area contributed by atoms with E-state index in [1.165, 1.54) is 19.3 Å². The molecule has 0 aromatic rings. The van der Waals surface area contributed by atoms with Crippen LogP contribution >= 0.6 is 0 Å². The summed E-state index contributed by atoms with van der Waals surface area (Å²) < 4.78 is 0. The second kappa shape index (κ2) is 17.7. The van der Waals surface area contributed by atoms with Crippen LogP contribution in [0.15, 0.2) is 0 Å². The van der Waals surface area contributed by atoms with E-state index in [9.17, 15) is 9.59 Å². The molecule has 0 bridgehead atoms. The Bertz CT molecular complexity index is 415. The van der Waals surface area contributed by atoms with Crippen molar-refractivity contribution >= 4 is 11.8 Å². The quantitative estimate of drug-likeness (QED) is 0.719. The molecule has 172 valence electrons. The highest BCUT2D eigenvalue weighted by Crippen LogP contribution is 2.18. The molecule has 0 spiro atoms. The first-order chi connectivity index (χ1) is 14.1. The molecule has 7 nitrogen and oxygen atoms in total. The highest BCUT2D eigenvalue weighted by molar-refractivity contribution is 5.78. The van der Waals surface area contributed by atoms with Gasteiger partial charge in [-0.05, 0) is 46.2 Å². The summed E-state index contributed by atoms with van der Waals surface area (Å²) in [6.45, 7) is 15.3. The molecule has 2 aliphatic heterocycles. The highest BCUT2D eigenvalue weighted by atomic mass is 16.2. The van der Waals surface area contributed by atoms with E-state index in [1.807, 2.05) is 32.6 Å². The minimum atomic E-state index is 0.111. The molecule has 1 aliphatic carbocycles. The summed E-state index contributed by atoms with van der Waals surface area (Å²) in [7, 11) is 3.91. The number of rotatable bonds is 5. The smallest absolute Gasteiger partial charge is 0.236 e. The fraction of sp³-hybridized carbons (Fsp3) is 0.909. The third-order valence-electron chi connectivity index (χ3n) is 4.94. The number of nitrogens with one attached hydrogen (secondary N) is 2. The van der Waals surface area contributed by atoms with Gasteiger partial charge in [0.1, 0.15) is 0 Å². The van der Waals surface area contributed by atoms with Crippen molar-refractivity contribution in [2.75, 3.05) is 66.5 Å². The molecule has 2 heterocycles. The van der Waals surface area contributed by atoms with E-state index in [2.05, 4.69) is 27.5 Å². The van der Waals surface area contributed by atoms with Gasteiger partial charge in [0.25, 0.3) is 0 Å². The number of piperidine rings is 1. The Morgan fingerprint density at radius 2 is 1.41 bits per heavy atom. The van der Waals surface area contributed by atoms with Crippen LogP contribution in [0.3, 0.4) is 0 Å². The first-order valence-electron chi connectivity index (χ1n) is 11.7. The van der Waals surface area contributed by atoms with Crippen molar-refractivity contribution in [3.05, 3.63) is 0 Å². The van der Waals surface area contributed by atoms with Crippen molar-refractivity contribution in [2.24, 2.45) is 0 Å². The predicted molar refractivity (Wildman–Crippen MR) is 122 cm³/mol. The zero-order valence-corrected chi connectivity index (χ0v) is 19.9. The van der Waals surface area contributed by atoms with Crippen molar-refractivity contribution in [3.8, 4) is 0 Å². The lowest BCUT2D eigenvalue weighted by Gasteiger charge is -2.34. The normalized spacial score (nSPS) is 19.4. The summed E-state index contributed by atoms with van der Waals surface area (Å²) in [5.41, 5.74) is 0. The Hall–Kier alpha value is -1.18. The molecule has 3 aliphatic rings. The fourth-order valence-corrected chi connectivity index (χ4v) is 3.11. The van der Waals surface area contributed by atoms with Gasteiger partial charge in [-0.3, -0.25) is 14.5 Å². The van der Waals surface area contributed by atoms with Crippen molar-refractivity contribution in [1.29, 1.82) is 0 Å². The van der Waals surface area contributed by atoms with Gasteiger partial charge in [-0.2, -0.15) is 0 Å². The molecule has 0 aromatic carbocycles. The van der Waals surface area contributed by atoms with E-state index in [0.29, 0.717) is 25.0 Å². The SMILES string of the molecule is CC.CC.CN1CCN(CC(=O)N2CCCCC2)CC1.CNCC(=O)NC1CC1. The van der Waals surface area contributed by atoms with Gasteiger partial charge in [-0.1, -0.05) is 27.7 Å². The molecule has 0 atom stereocenters. The Kier molecular flexibility index (Phi) is 16.9. The van der Waals surface area contributed by atoms with Crippen LogP contribution in [0.25, 0.3) is 0 Å². The minimum Gasteiger partial charge on any atom is -0.352 e. The summed E-state index contributed by atoms with van der Waals surface area (Å²) in [6, 6.07) is 0.492. The average molecular weight is 414 g/mol. The van der Waals surface area contributed by atoms with E-state index in [-0.39, 0.29) is 5.91 Å². The summed E-state index contributed by atoms with van der Waals surface area (Å²) in [5, 5.41) is 5.64. The van der Waals surface area contributed by atoms with Gasteiger partial charge in [0, 0.05) is 45.3 Å². The van der Waals surface area contributed by atoms with Crippen molar-refractivity contribution in [3.63, 3.8) is 0 Å². The van der Waals surface area contributed by atoms with Crippen LogP contribution in [0.5, 0.6) is 0 Å². The van der Waals surface area contributed by atoms with Crippen LogP contribution < -0.4 is 10.6 Å². The van der Waals surface area contributed by atoms with Gasteiger partial charge in [0.2, 0.25) is 11.8 Å². The zero-order valence-electron chi connectivity index (χ0n) is 19.9. The lowest BCUT2D eigenvalue weighted by Crippen LogP contribution is -2.49. The highest BCUT2D eigenvalue weighted by Gasteiger charge is 2.22. The first-order valence-corrected chi connectivity index (χ1v) is 11.7. The first kappa shape index (κ1) is 27.8. The molecule has 7 heteroatoms. The summed E-state index contributed by atoms with van der Waals surface area (Å²) in [6.07, 6.45) is 5.99. The number of hydrogen-bond acceptors (Lipinski definition) is 5. The van der Waals surface area contributed by atoms with E-state index in [1.54, 1.807) is 7.05 Å². The maximum absolute atomic E-state index is 12.0. The van der Waals surface area contributed by atoms with Crippen molar-refractivity contribution in [1.82, 2.24) is 25.3 Å². The van der Waals surface area contributed by atoms with Crippen LogP contribution in [0.4, 0.5) is 0 Å². The molecule has 2 amide bonds. The maximum atomic E-state index is 12.0. The van der Waals surface area contributed by atoms with E-state index >= 15 is 0 Å². The molecule has 29 heavy (non-hydrogen) atoms. The largest absolute Gasteiger partial charge is 0.352 e. The number of carbonyl (C=O) groups excluding carboxylic acids is 2. The number of piperazine rings is 1. The van der Waals surface area contributed by atoms with E-state index < -0.39 is 0 Å². The van der Waals surface area contributed by atoms with Crippen molar-refractivity contribution in [2.45, 2.75) is 65.8 Å². The summed E-state index contributed by atoms with van der Waals surface area (Å²) >= 11 is 0. The Morgan fingerprint density at radius 1 is 0.862 bits per heavy atom.